The summed E-state index contributed by atoms with van der Waals surface area (Å²) in [5, 5.41) is 10.7. The lowest BCUT2D eigenvalue weighted by molar-refractivity contribution is -0.121. The zero-order valence-electron chi connectivity index (χ0n) is 16.1. The van der Waals surface area contributed by atoms with Crippen LogP contribution in [0, 0.1) is 12.8 Å². The SMILES string of the molecule is COc1ccccc1NC(=O)[C@@H]1[C@H](C)Nc2ncnn2[C@H]1c1ccc(C)cc1. The number of fused-ring (bicyclic) bond motifs is 1. The molecule has 3 aromatic rings. The third-order valence-corrected chi connectivity index (χ3v) is 5.16. The molecule has 1 amide bonds. The highest BCUT2D eigenvalue weighted by Gasteiger charge is 2.41. The molecule has 1 aliphatic rings. The van der Waals surface area contributed by atoms with Gasteiger partial charge in [0.25, 0.3) is 0 Å². The van der Waals surface area contributed by atoms with Gasteiger partial charge < -0.3 is 15.4 Å². The normalized spacial score (nSPS) is 20.8. The van der Waals surface area contributed by atoms with Crippen LogP contribution in [0.1, 0.15) is 24.1 Å². The third kappa shape index (κ3) is 3.19. The van der Waals surface area contributed by atoms with Gasteiger partial charge in [-0.05, 0) is 31.5 Å². The number of amides is 1. The van der Waals surface area contributed by atoms with E-state index in [0.717, 1.165) is 5.56 Å². The Bertz CT molecular complexity index is 982. The molecule has 0 spiro atoms. The number of ether oxygens (including phenoxy) is 1. The molecule has 0 unspecified atom stereocenters. The van der Waals surface area contributed by atoms with Crippen molar-refractivity contribution in [1.29, 1.82) is 0 Å². The number of benzene rings is 2. The van der Waals surface area contributed by atoms with E-state index in [-0.39, 0.29) is 23.9 Å². The first-order chi connectivity index (χ1) is 13.6. The molecule has 2 N–H and O–H groups in total. The van der Waals surface area contributed by atoms with E-state index >= 15 is 0 Å². The van der Waals surface area contributed by atoms with Crippen molar-refractivity contribution < 1.29 is 9.53 Å². The lowest BCUT2D eigenvalue weighted by atomic mass is 9.85. The zero-order valence-corrected chi connectivity index (χ0v) is 16.1. The van der Waals surface area contributed by atoms with Crippen LogP contribution in [-0.4, -0.2) is 33.8 Å². The van der Waals surface area contributed by atoms with Crippen LogP contribution in [0.25, 0.3) is 0 Å². The van der Waals surface area contributed by atoms with Crippen molar-refractivity contribution in [3.63, 3.8) is 0 Å². The minimum atomic E-state index is -0.387. The summed E-state index contributed by atoms with van der Waals surface area (Å²) in [6.07, 6.45) is 1.51. The molecular weight excluding hydrogens is 354 g/mol. The van der Waals surface area contributed by atoms with Crippen LogP contribution in [0.15, 0.2) is 54.9 Å². The first kappa shape index (κ1) is 18.0. The van der Waals surface area contributed by atoms with Crippen molar-refractivity contribution in [2.45, 2.75) is 25.9 Å². The largest absolute Gasteiger partial charge is 0.495 e. The monoisotopic (exact) mass is 377 g/mol. The standard InChI is InChI=1S/C21H23N5O2/c1-13-8-10-15(11-9-13)19-18(14(2)24-21-22-12-23-26(19)21)20(27)25-16-6-4-5-7-17(16)28-3/h4-12,14,18-19H,1-3H3,(H,25,27)(H,22,23,24)/t14-,18+,19-/m0/s1. The fourth-order valence-electron chi connectivity index (χ4n) is 3.72. The number of hydrogen-bond acceptors (Lipinski definition) is 5. The van der Waals surface area contributed by atoms with Gasteiger partial charge >= 0.3 is 0 Å². The predicted molar refractivity (Wildman–Crippen MR) is 108 cm³/mol. The number of nitrogens with one attached hydrogen (secondary N) is 2. The first-order valence-corrected chi connectivity index (χ1v) is 9.25. The third-order valence-electron chi connectivity index (χ3n) is 5.16. The van der Waals surface area contributed by atoms with Crippen molar-refractivity contribution in [3.8, 4) is 5.75 Å². The topological polar surface area (TPSA) is 81.1 Å². The molecule has 7 heteroatoms. The lowest BCUT2D eigenvalue weighted by Crippen LogP contribution is -2.46. The maximum Gasteiger partial charge on any atom is 0.232 e. The Morgan fingerprint density at radius 2 is 1.93 bits per heavy atom. The van der Waals surface area contributed by atoms with Crippen molar-refractivity contribution in [2.75, 3.05) is 17.7 Å². The number of nitrogens with zero attached hydrogens (tertiary/aromatic N) is 3. The van der Waals surface area contributed by atoms with Gasteiger partial charge in [0.1, 0.15) is 12.1 Å². The summed E-state index contributed by atoms with van der Waals surface area (Å²) in [7, 11) is 1.59. The molecule has 3 atom stereocenters. The number of aromatic nitrogens is 3. The van der Waals surface area contributed by atoms with E-state index in [0.29, 0.717) is 17.4 Å². The van der Waals surface area contributed by atoms with Crippen LogP contribution in [0.5, 0.6) is 5.75 Å². The van der Waals surface area contributed by atoms with E-state index in [9.17, 15) is 4.79 Å². The van der Waals surface area contributed by atoms with Crippen molar-refractivity contribution in [3.05, 3.63) is 66.0 Å². The van der Waals surface area contributed by atoms with Crippen LogP contribution in [0.2, 0.25) is 0 Å². The molecule has 0 bridgehead atoms. The number of para-hydroxylation sites is 2. The Labute approximate surface area is 163 Å². The molecule has 4 rings (SSSR count). The van der Waals surface area contributed by atoms with Crippen LogP contribution >= 0.6 is 0 Å². The summed E-state index contributed by atoms with van der Waals surface area (Å²) in [6.45, 7) is 4.04. The second-order valence-corrected chi connectivity index (χ2v) is 7.03. The van der Waals surface area contributed by atoms with E-state index in [1.165, 1.54) is 11.9 Å². The van der Waals surface area contributed by atoms with Gasteiger partial charge in [0.2, 0.25) is 11.9 Å². The van der Waals surface area contributed by atoms with Crippen molar-refractivity contribution in [2.24, 2.45) is 5.92 Å². The Kier molecular flexibility index (Phi) is 4.73. The fraction of sp³-hybridized carbons (Fsp3) is 0.286. The van der Waals surface area contributed by atoms with Crippen LogP contribution in [-0.2, 0) is 4.79 Å². The lowest BCUT2D eigenvalue weighted by Gasteiger charge is -2.37. The van der Waals surface area contributed by atoms with E-state index in [1.54, 1.807) is 11.8 Å². The molecule has 2 heterocycles. The average Bonchev–Trinajstić information content (AvgIpc) is 3.16. The molecule has 0 radical (unpaired) electrons. The van der Waals surface area contributed by atoms with Crippen molar-refractivity contribution >= 4 is 17.5 Å². The van der Waals surface area contributed by atoms with Crippen LogP contribution in [0.4, 0.5) is 11.6 Å². The van der Waals surface area contributed by atoms with Gasteiger partial charge in [0.15, 0.2) is 0 Å². The summed E-state index contributed by atoms with van der Waals surface area (Å²) in [5.41, 5.74) is 2.83. The summed E-state index contributed by atoms with van der Waals surface area (Å²) in [5.74, 6) is 0.804. The number of carbonyl (C=O) groups is 1. The number of carbonyl (C=O) groups excluding carboxylic acids is 1. The Morgan fingerprint density at radius 1 is 1.18 bits per heavy atom. The van der Waals surface area contributed by atoms with E-state index in [1.807, 2.05) is 62.4 Å². The average molecular weight is 377 g/mol. The Balaban J connectivity index is 1.72. The number of aryl methyl sites for hydroxylation is 1. The molecule has 0 fully saturated rings. The van der Waals surface area contributed by atoms with Gasteiger partial charge in [-0.1, -0.05) is 42.0 Å². The molecule has 0 saturated heterocycles. The summed E-state index contributed by atoms with van der Waals surface area (Å²) >= 11 is 0. The second-order valence-electron chi connectivity index (χ2n) is 7.03. The summed E-state index contributed by atoms with van der Waals surface area (Å²) in [6, 6.07) is 15.2. The van der Waals surface area contributed by atoms with Crippen LogP contribution in [0.3, 0.4) is 0 Å². The van der Waals surface area contributed by atoms with E-state index < -0.39 is 0 Å². The molecule has 28 heavy (non-hydrogen) atoms. The van der Waals surface area contributed by atoms with Gasteiger partial charge in [-0.3, -0.25) is 4.79 Å². The van der Waals surface area contributed by atoms with Crippen LogP contribution < -0.4 is 15.4 Å². The minimum absolute atomic E-state index is 0.101. The number of hydrogen-bond donors (Lipinski definition) is 2. The van der Waals surface area contributed by atoms with Gasteiger partial charge in [-0.25, -0.2) is 4.68 Å². The fourth-order valence-corrected chi connectivity index (χ4v) is 3.72. The van der Waals surface area contributed by atoms with E-state index in [2.05, 4.69) is 20.7 Å². The first-order valence-electron chi connectivity index (χ1n) is 9.25. The van der Waals surface area contributed by atoms with Gasteiger partial charge in [-0.15, -0.1) is 0 Å². The molecule has 1 aromatic heterocycles. The Hall–Kier alpha value is -3.35. The van der Waals surface area contributed by atoms with Gasteiger partial charge in [-0.2, -0.15) is 10.1 Å². The van der Waals surface area contributed by atoms with Gasteiger partial charge in [0.05, 0.1) is 24.8 Å². The van der Waals surface area contributed by atoms with E-state index in [4.69, 9.17) is 4.74 Å². The molecule has 2 aromatic carbocycles. The smallest absolute Gasteiger partial charge is 0.232 e. The maximum absolute atomic E-state index is 13.4. The number of rotatable bonds is 4. The molecule has 0 aliphatic carbocycles. The zero-order chi connectivity index (χ0) is 19.7. The van der Waals surface area contributed by atoms with Crippen molar-refractivity contribution in [1.82, 2.24) is 14.8 Å². The highest BCUT2D eigenvalue weighted by atomic mass is 16.5. The highest BCUT2D eigenvalue weighted by molar-refractivity contribution is 5.95. The highest BCUT2D eigenvalue weighted by Crippen LogP contribution is 2.37. The Morgan fingerprint density at radius 3 is 2.68 bits per heavy atom. The molecule has 1 aliphatic heterocycles. The second kappa shape index (κ2) is 7.34. The molecule has 0 saturated carbocycles. The quantitative estimate of drug-likeness (QED) is 0.729. The number of anilines is 2. The maximum atomic E-state index is 13.4. The summed E-state index contributed by atoms with van der Waals surface area (Å²) < 4.78 is 7.16. The minimum Gasteiger partial charge on any atom is -0.495 e. The van der Waals surface area contributed by atoms with Gasteiger partial charge in [0, 0.05) is 6.04 Å². The molecule has 7 nitrogen and oxygen atoms in total. The predicted octanol–water partition coefficient (Wildman–Crippen LogP) is 3.25. The summed E-state index contributed by atoms with van der Waals surface area (Å²) in [4.78, 5) is 17.7. The number of methoxy groups -OCH3 is 1. The molecule has 144 valence electrons. The molecular formula is C21H23N5O2.